The first-order chi connectivity index (χ1) is 23.0. The van der Waals surface area contributed by atoms with Gasteiger partial charge in [-0.15, -0.1) is 0 Å². The molecule has 0 saturated carbocycles. The SMILES string of the molecule is CCC(O)C(C)C1OC1CC(C)(O)/C=C/C=C(\C)C1OC(=O)CC(O)CCC(C)(OC)C(OC(=O)N2CCCN(C(C)C)CC2)/C=C\C1C. The number of hydrogen-bond donors (Lipinski definition) is 3. The number of esters is 1. The molecule has 0 aliphatic carbocycles. The maximum Gasteiger partial charge on any atom is 0.410 e. The zero-order valence-electron chi connectivity index (χ0n) is 31.3. The van der Waals surface area contributed by atoms with E-state index in [0.717, 1.165) is 25.1 Å². The number of methoxy groups -OCH3 is 1. The van der Waals surface area contributed by atoms with Gasteiger partial charge in [-0.2, -0.15) is 0 Å². The standard InChI is InChI=1S/C38H64N2O9/c1-10-30(42)28(6)35-31(47-35)24-37(7,45)17-11-13-26(4)34-27(5)14-15-32(38(8,46-9)18-16-29(41)23-33(43)49-34)48-36(44)40-20-12-19-39(21-22-40)25(2)3/h11,13-15,17,25,27-32,34-35,41-42,45H,10,12,16,18-24H2,1-9H3/b15-14-,17-11+,26-13+. The van der Waals surface area contributed by atoms with Crippen molar-refractivity contribution < 1.29 is 43.9 Å². The third-order valence-electron chi connectivity index (χ3n) is 10.6. The number of carbonyl (C=O) groups excluding carboxylic acids is 2. The van der Waals surface area contributed by atoms with Gasteiger partial charge in [-0.3, -0.25) is 9.69 Å². The van der Waals surface area contributed by atoms with Crippen molar-refractivity contribution in [2.75, 3.05) is 33.3 Å². The lowest BCUT2D eigenvalue weighted by molar-refractivity contribution is -0.151. The molecule has 2 saturated heterocycles. The van der Waals surface area contributed by atoms with Crippen molar-refractivity contribution in [3.63, 3.8) is 0 Å². The zero-order valence-corrected chi connectivity index (χ0v) is 31.3. The molecule has 3 N–H and O–H groups in total. The number of amides is 1. The monoisotopic (exact) mass is 692 g/mol. The summed E-state index contributed by atoms with van der Waals surface area (Å²) in [5, 5.41) is 32.0. The summed E-state index contributed by atoms with van der Waals surface area (Å²) < 4.78 is 23.8. The van der Waals surface area contributed by atoms with Gasteiger partial charge in [-0.05, 0) is 72.0 Å². The second kappa shape index (κ2) is 18.3. The molecule has 280 valence electrons. The molecule has 0 spiro atoms. The first kappa shape index (κ1) is 41.1. The van der Waals surface area contributed by atoms with Crippen LogP contribution in [0.4, 0.5) is 4.79 Å². The molecule has 0 bridgehead atoms. The highest BCUT2D eigenvalue weighted by Crippen LogP contribution is 2.37. The van der Waals surface area contributed by atoms with Crippen LogP contribution in [0.2, 0.25) is 0 Å². The Kier molecular flexibility index (Phi) is 15.4. The molecule has 3 rings (SSSR count). The van der Waals surface area contributed by atoms with E-state index in [1.54, 1.807) is 31.1 Å². The topological polar surface area (TPSA) is 142 Å². The average molecular weight is 693 g/mol. The number of epoxide rings is 1. The Bertz CT molecular complexity index is 1170. The van der Waals surface area contributed by atoms with Crippen LogP contribution in [-0.2, 0) is 23.7 Å². The van der Waals surface area contributed by atoms with Crippen molar-refractivity contribution in [3.8, 4) is 0 Å². The minimum Gasteiger partial charge on any atom is -0.457 e. The molecule has 0 radical (unpaired) electrons. The Labute approximate surface area is 294 Å². The lowest BCUT2D eigenvalue weighted by atomic mass is 9.88. The highest BCUT2D eigenvalue weighted by atomic mass is 16.6. The molecule has 0 aromatic rings. The van der Waals surface area contributed by atoms with Crippen LogP contribution >= 0.6 is 0 Å². The lowest BCUT2D eigenvalue weighted by Gasteiger charge is -2.37. The predicted molar refractivity (Wildman–Crippen MR) is 189 cm³/mol. The Hall–Kier alpha value is -2.28. The third-order valence-corrected chi connectivity index (χ3v) is 10.6. The summed E-state index contributed by atoms with van der Waals surface area (Å²) >= 11 is 0. The molecule has 49 heavy (non-hydrogen) atoms. The summed E-state index contributed by atoms with van der Waals surface area (Å²) in [5.74, 6) is -0.838. The molecule has 11 nitrogen and oxygen atoms in total. The van der Waals surface area contributed by atoms with Crippen LogP contribution < -0.4 is 0 Å². The van der Waals surface area contributed by atoms with Crippen molar-refractivity contribution in [3.05, 3.63) is 36.0 Å². The molecule has 1 amide bonds. The number of rotatable bonds is 11. The fraction of sp³-hybridized carbons (Fsp3) is 0.789. The number of hydrogen-bond acceptors (Lipinski definition) is 10. The normalized spacial score (nSPS) is 34.3. The minimum absolute atomic E-state index is 0.00405. The lowest BCUT2D eigenvalue weighted by Crippen LogP contribution is -2.47. The van der Waals surface area contributed by atoms with Gasteiger partial charge in [0, 0.05) is 57.6 Å². The number of ether oxygens (including phenoxy) is 4. The summed E-state index contributed by atoms with van der Waals surface area (Å²) in [7, 11) is 1.57. The van der Waals surface area contributed by atoms with E-state index in [1.165, 1.54) is 0 Å². The van der Waals surface area contributed by atoms with Crippen LogP contribution in [0.25, 0.3) is 0 Å². The van der Waals surface area contributed by atoms with E-state index in [0.29, 0.717) is 38.4 Å². The van der Waals surface area contributed by atoms with Gasteiger partial charge < -0.3 is 39.2 Å². The van der Waals surface area contributed by atoms with E-state index in [2.05, 4.69) is 18.7 Å². The number of carbonyl (C=O) groups is 2. The number of cyclic esters (lactones) is 1. The Morgan fingerprint density at radius 1 is 1.20 bits per heavy atom. The molecule has 11 heteroatoms. The maximum absolute atomic E-state index is 13.5. The summed E-state index contributed by atoms with van der Waals surface area (Å²) in [6.07, 6.45) is 7.87. The maximum atomic E-state index is 13.5. The largest absolute Gasteiger partial charge is 0.457 e. The first-order valence-corrected chi connectivity index (χ1v) is 18.2. The smallest absolute Gasteiger partial charge is 0.410 e. The predicted octanol–water partition coefficient (Wildman–Crippen LogP) is 4.78. The molecule has 10 unspecified atom stereocenters. The quantitative estimate of drug-likeness (QED) is 0.120. The second-order valence-corrected chi connectivity index (χ2v) is 15.1. The van der Waals surface area contributed by atoms with Gasteiger partial charge >= 0.3 is 12.1 Å². The molecule has 0 aromatic carbocycles. The van der Waals surface area contributed by atoms with Gasteiger partial charge in [-0.25, -0.2) is 4.79 Å². The van der Waals surface area contributed by atoms with Crippen molar-refractivity contribution in [2.24, 2.45) is 11.8 Å². The van der Waals surface area contributed by atoms with Gasteiger partial charge in [0.15, 0.2) is 6.10 Å². The molecule has 3 aliphatic heterocycles. The molecule has 10 atom stereocenters. The third kappa shape index (κ3) is 12.2. The van der Waals surface area contributed by atoms with E-state index < -0.39 is 47.7 Å². The van der Waals surface area contributed by atoms with Gasteiger partial charge in [-0.1, -0.05) is 45.1 Å². The highest BCUT2D eigenvalue weighted by Gasteiger charge is 2.47. The van der Waals surface area contributed by atoms with Gasteiger partial charge in [0.25, 0.3) is 0 Å². The van der Waals surface area contributed by atoms with E-state index in [1.807, 2.05) is 52.8 Å². The number of aliphatic hydroxyl groups is 3. The summed E-state index contributed by atoms with van der Waals surface area (Å²) in [5.41, 5.74) is -1.35. The van der Waals surface area contributed by atoms with Crippen LogP contribution in [-0.4, -0.2) is 124 Å². The Morgan fingerprint density at radius 2 is 1.92 bits per heavy atom. The number of nitrogens with zero attached hydrogens (tertiary/aromatic N) is 2. The molecule has 3 heterocycles. The fourth-order valence-corrected chi connectivity index (χ4v) is 6.83. The molecule has 3 aliphatic rings. The Morgan fingerprint density at radius 3 is 2.57 bits per heavy atom. The van der Waals surface area contributed by atoms with E-state index in [-0.39, 0.29) is 36.9 Å². The number of aliphatic hydroxyl groups excluding tert-OH is 2. The summed E-state index contributed by atoms with van der Waals surface area (Å²) in [4.78, 5) is 30.6. The van der Waals surface area contributed by atoms with Gasteiger partial charge in [0.2, 0.25) is 0 Å². The number of allylic oxidation sites excluding steroid dienone is 2. The van der Waals surface area contributed by atoms with Crippen LogP contribution in [0, 0.1) is 11.8 Å². The van der Waals surface area contributed by atoms with Crippen molar-refractivity contribution in [1.29, 1.82) is 0 Å². The fourth-order valence-electron chi connectivity index (χ4n) is 6.83. The average Bonchev–Trinajstić information content (AvgIpc) is 3.85. The molecule has 0 aromatic heterocycles. The van der Waals surface area contributed by atoms with E-state index in [4.69, 9.17) is 18.9 Å². The molecular weight excluding hydrogens is 628 g/mol. The van der Waals surface area contributed by atoms with Crippen LogP contribution in [0.3, 0.4) is 0 Å². The van der Waals surface area contributed by atoms with Crippen molar-refractivity contribution >= 4 is 12.1 Å². The second-order valence-electron chi connectivity index (χ2n) is 15.1. The molecule has 2 fully saturated rings. The minimum atomic E-state index is -1.14. The van der Waals surface area contributed by atoms with E-state index >= 15 is 0 Å². The van der Waals surface area contributed by atoms with Gasteiger partial charge in [0.1, 0.15) is 11.7 Å². The van der Waals surface area contributed by atoms with Crippen molar-refractivity contribution in [1.82, 2.24) is 9.80 Å². The van der Waals surface area contributed by atoms with Crippen LogP contribution in [0.5, 0.6) is 0 Å². The summed E-state index contributed by atoms with van der Waals surface area (Å²) in [6, 6.07) is 0.401. The molecular formula is C38H64N2O9. The van der Waals surface area contributed by atoms with Crippen molar-refractivity contribution in [2.45, 2.75) is 148 Å². The van der Waals surface area contributed by atoms with Crippen LogP contribution in [0.15, 0.2) is 36.0 Å². The summed E-state index contributed by atoms with van der Waals surface area (Å²) in [6.45, 7) is 18.5. The van der Waals surface area contributed by atoms with E-state index in [9.17, 15) is 24.9 Å². The highest BCUT2D eigenvalue weighted by molar-refractivity contribution is 5.70. The zero-order chi connectivity index (χ0) is 36.5. The van der Waals surface area contributed by atoms with Gasteiger partial charge in [0.05, 0.1) is 36.4 Å². The first-order valence-electron chi connectivity index (χ1n) is 18.2. The Balaban J connectivity index is 1.78. The van der Waals surface area contributed by atoms with Crippen LogP contribution in [0.1, 0.15) is 93.9 Å².